The summed E-state index contributed by atoms with van der Waals surface area (Å²) in [4.78, 5) is 7.32. The number of benzene rings is 1. The zero-order valence-electron chi connectivity index (χ0n) is 9.00. The number of methoxy groups -OCH3 is 1. The molecule has 0 saturated heterocycles. The van der Waals surface area contributed by atoms with Crippen LogP contribution in [-0.2, 0) is 10.5 Å². The van der Waals surface area contributed by atoms with E-state index in [0.29, 0.717) is 5.52 Å². The van der Waals surface area contributed by atoms with Crippen molar-refractivity contribution in [2.45, 2.75) is 5.75 Å². The fourth-order valence-electron chi connectivity index (χ4n) is 1.43. The van der Waals surface area contributed by atoms with E-state index < -0.39 is 0 Å². The molecule has 1 N–H and O–H groups in total. The number of nitrogens with one attached hydrogen (secondary N) is 1. The van der Waals surface area contributed by atoms with Crippen LogP contribution in [0.5, 0.6) is 0 Å². The van der Waals surface area contributed by atoms with E-state index in [4.69, 9.17) is 4.74 Å². The van der Waals surface area contributed by atoms with Crippen molar-refractivity contribution in [1.82, 2.24) is 9.97 Å². The summed E-state index contributed by atoms with van der Waals surface area (Å²) in [6.45, 7) is 0.721. The number of nitrogens with zero attached hydrogens (tertiary/aromatic N) is 1. The zero-order chi connectivity index (χ0) is 11.4. The highest BCUT2D eigenvalue weighted by atomic mass is 32.2. The summed E-state index contributed by atoms with van der Waals surface area (Å²) < 4.78 is 18.3. The van der Waals surface area contributed by atoms with Crippen molar-refractivity contribution in [1.29, 1.82) is 0 Å². The van der Waals surface area contributed by atoms with Crippen LogP contribution in [0.4, 0.5) is 4.39 Å². The van der Waals surface area contributed by atoms with Gasteiger partial charge in [-0.15, -0.1) is 0 Å². The molecular formula is C11H13FN2OS. The SMILES string of the molecule is COCCSCc1nc2c(F)cccc2[nH]1. The topological polar surface area (TPSA) is 37.9 Å². The Labute approximate surface area is 97.4 Å². The molecule has 1 heterocycles. The van der Waals surface area contributed by atoms with Crippen LogP contribution in [-0.4, -0.2) is 29.4 Å². The van der Waals surface area contributed by atoms with E-state index in [9.17, 15) is 4.39 Å². The summed E-state index contributed by atoms with van der Waals surface area (Å²) in [6.07, 6.45) is 0. The van der Waals surface area contributed by atoms with Crippen molar-refractivity contribution >= 4 is 22.8 Å². The molecule has 16 heavy (non-hydrogen) atoms. The van der Waals surface area contributed by atoms with Gasteiger partial charge in [-0.25, -0.2) is 9.37 Å². The number of ether oxygens (including phenoxy) is 1. The van der Waals surface area contributed by atoms with Gasteiger partial charge in [0.05, 0.1) is 17.9 Å². The lowest BCUT2D eigenvalue weighted by molar-refractivity contribution is 0.218. The smallest absolute Gasteiger partial charge is 0.151 e. The van der Waals surface area contributed by atoms with Crippen molar-refractivity contribution in [3.63, 3.8) is 0 Å². The third-order valence-corrected chi connectivity index (χ3v) is 3.12. The number of hydrogen-bond donors (Lipinski definition) is 1. The van der Waals surface area contributed by atoms with Gasteiger partial charge in [-0.2, -0.15) is 11.8 Å². The monoisotopic (exact) mass is 240 g/mol. The van der Waals surface area contributed by atoms with Crippen molar-refractivity contribution in [3.05, 3.63) is 29.8 Å². The highest BCUT2D eigenvalue weighted by Gasteiger charge is 2.06. The number of rotatable bonds is 5. The Morgan fingerprint density at radius 2 is 2.38 bits per heavy atom. The lowest BCUT2D eigenvalue weighted by Gasteiger charge is -1.96. The first-order valence-electron chi connectivity index (χ1n) is 5.01. The maximum Gasteiger partial charge on any atom is 0.151 e. The number of thioether (sulfide) groups is 1. The van der Waals surface area contributed by atoms with Crippen LogP contribution in [0.2, 0.25) is 0 Å². The van der Waals surface area contributed by atoms with Crippen molar-refractivity contribution < 1.29 is 9.13 Å². The molecule has 0 saturated carbocycles. The number of H-pyrrole nitrogens is 1. The van der Waals surface area contributed by atoms with E-state index in [1.807, 2.05) is 6.07 Å². The highest BCUT2D eigenvalue weighted by molar-refractivity contribution is 7.98. The Hall–Kier alpha value is -1.07. The van der Waals surface area contributed by atoms with Crippen LogP contribution >= 0.6 is 11.8 Å². The standard InChI is InChI=1S/C11H13FN2OS/c1-15-5-6-16-7-10-13-9-4-2-3-8(12)11(9)14-10/h2-4H,5-7H2,1H3,(H,13,14). The molecule has 0 bridgehead atoms. The largest absolute Gasteiger partial charge is 0.384 e. The molecule has 0 unspecified atom stereocenters. The number of halogens is 1. The number of para-hydroxylation sites is 1. The minimum absolute atomic E-state index is 0.276. The second-order valence-corrected chi connectivity index (χ2v) is 4.47. The molecule has 0 radical (unpaired) electrons. The molecule has 3 nitrogen and oxygen atoms in total. The van der Waals surface area contributed by atoms with Gasteiger partial charge in [0.25, 0.3) is 0 Å². The van der Waals surface area contributed by atoms with Crippen LogP contribution in [0.25, 0.3) is 11.0 Å². The summed E-state index contributed by atoms with van der Waals surface area (Å²) in [5.41, 5.74) is 1.17. The predicted octanol–water partition coefficient (Wildman–Crippen LogP) is 2.58. The molecule has 0 aliphatic heterocycles. The van der Waals surface area contributed by atoms with Gasteiger partial charge in [0, 0.05) is 12.9 Å². The van der Waals surface area contributed by atoms with Crippen LogP contribution in [0.1, 0.15) is 5.82 Å². The van der Waals surface area contributed by atoms with Gasteiger partial charge in [-0.05, 0) is 12.1 Å². The van der Waals surface area contributed by atoms with Crippen LogP contribution < -0.4 is 0 Å². The second-order valence-electron chi connectivity index (χ2n) is 3.36. The molecule has 5 heteroatoms. The molecule has 0 fully saturated rings. The summed E-state index contributed by atoms with van der Waals surface area (Å²) in [5.74, 6) is 2.19. The van der Waals surface area contributed by atoms with Gasteiger partial charge in [0.15, 0.2) is 5.82 Å². The summed E-state index contributed by atoms with van der Waals surface area (Å²) in [7, 11) is 1.68. The molecular weight excluding hydrogens is 227 g/mol. The van der Waals surface area contributed by atoms with Crippen molar-refractivity contribution in [2.24, 2.45) is 0 Å². The maximum atomic E-state index is 13.3. The lowest BCUT2D eigenvalue weighted by atomic mass is 10.3. The molecule has 86 valence electrons. The quantitative estimate of drug-likeness (QED) is 0.816. The Balaban J connectivity index is 2.05. The van der Waals surface area contributed by atoms with Gasteiger partial charge >= 0.3 is 0 Å². The molecule has 1 aromatic carbocycles. The van der Waals surface area contributed by atoms with Crippen LogP contribution in [0, 0.1) is 5.82 Å². The summed E-state index contributed by atoms with van der Waals surface area (Å²) >= 11 is 1.71. The fraction of sp³-hybridized carbons (Fsp3) is 0.364. The molecule has 0 amide bonds. The third-order valence-electron chi connectivity index (χ3n) is 2.18. The number of aromatic amines is 1. The lowest BCUT2D eigenvalue weighted by Crippen LogP contribution is -1.93. The fourth-order valence-corrected chi connectivity index (χ4v) is 2.19. The molecule has 0 spiro atoms. The van der Waals surface area contributed by atoms with Gasteiger partial charge in [0.1, 0.15) is 11.3 Å². The predicted molar refractivity (Wildman–Crippen MR) is 64.1 cm³/mol. The van der Waals surface area contributed by atoms with Crippen molar-refractivity contribution in [3.8, 4) is 0 Å². The molecule has 2 aromatic rings. The molecule has 0 atom stereocenters. The van der Waals surface area contributed by atoms with Crippen LogP contribution in [0.3, 0.4) is 0 Å². The molecule has 1 aromatic heterocycles. The summed E-state index contributed by atoms with van der Waals surface area (Å²) in [5, 5.41) is 0. The highest BCUT2D eigenvalue weighted by Crippen LogP contribution is 2.17. The Morgan fingerprint density at radius 3 is 3.12 bits per heavy atom. The first-order valence-corrected chi connectivity index (χ1v) is 6.16. The summed E-state index contributed by atoms with van der Waals surface area (Å²) in [6, 6.07) is 4.93. The van der Waals surface area contributed by atoms with Gasteiger partial charge in [-0.1, -0.05) is 6.07 Å². The van der Waals surface area contributed by atoms with E-state index in [2.05, 4.69) is 9.97 Å². The van der Waals surface area contributed by atoms with Gasteiger partial charge < -0.3 is 9.72 Å². The van der Waals surface area contributed by atoms with E-state index >= 15 is 0 Å². The van der Waals surface area contributed by atoms with E-state index in [1.54, 1.807) is 24.9 Å². The van der Waals surface area contributed by atoms with E-state index in [-0.39, 0.29) is 5.82 Å². The molecule has 2 rings (SSSR count). The number of aromatic nitrogens is 2. The average molecular weight is 240 g/mol. The zero-order valence-corrected chi connectivity index (χ0v) is 9.81. The first-order chi connectivity index (χ1) is 7.81. The van der Waals surface area contributed by atoms with E-state index in [1.165, 1.54) is 6.07 Å². The van der Waals surface area contributed by atoms with Crippen LogP contribution in [0.15, 0.2) is 18.2 Å². The number of imidazole rings is 1. The number of fused-ring (bicyclic) bond motifs is 1. The average Bonchev–Trinajstić information content (AvgIpc) is 2.69. The second kappa shape index (κ2) is 5.32. The minimum Gasteiger partial charge on any atom is -0.384 e. The van der Waals surface area contributed by atoms with E-state index in [0.717, 1.165) is 29.5 Å². The van der Waals surface area contributed by atoms with Gasteiger partial charge in [-0.3, -0.25) is 0 Å². The normalized spacial score (nSPS) is 11.1. The molecule has 0 aliphatic rings. The third kappa shape index (κ3) is 2.54. The van der Waals surface area contributed by atoms with Gasteiger partial charge in [0.2, 0.25) is 0 Å². The maximum absolute atomic E-state index is 13.3. The Kier molecular flexibility index (Phi) is 3.79. The Bertz CT molecular complexity index is 472. The minimum atomic E-state index is -0.276. The first kappa shape index (κ1) is 11.4. The molecule has 0 aliphatic carbocycles. The number of hydrogen-bond acceptors (Lipinski definition) is 3. The van der Waals surface area contributed by atoms with Crippen molar-refractivity contribution in [2.75, 3.05) is 19.5 Å². The Morgan fingerprint density at radius 1 is 1.50 bits per heavy atom.